The number of rotatable bonds is 3. The van der Waals surface area contributed by atoms with Crippen molar-refractivity contribution in [3.05, 3.63) is 75.4 Å². The van der Waals surface area contributed by atoms with Gasteiger partial charge in [-0.25, -0.2) is 4.79 Å². The minimum absolute atomic E-state index is 0.0273. The summed E-state index contributed by atoms with van der Waals surface area (Å²) < 4.78 is 17.5. The summed E-state index contributed by atoms with van der Waals surface area (Å²) in [6.45, 7) is 1.78. The van der Waals surface area contributed by atoms with Crippen LogP contribution in [0.1, 0.15) is 39.7 Å². The number of ether oxygens (including phenoxy) is 2. The van der Waals surface area contributed by atoms with E-state index in [2.05, 4.69) is 0 Å². The highest BCUT2D eigenvalue weighted by Gasteiger charge is 2.34. The second-order valence-electron chi connectivity index (χ2n) is 6.93. The second kappa shape index (κ2) is 7.09. The smallest absolute Gasteiger partial charge is 0.337 e. The van der Waals surface area contributed by atoms with E-state index in [9.17, 15) is 14.4 Å². The van der Waals surface area contributed by atoms with Gasteiger partial charge in [-0.15, -0.1) is 0 Å². The highest BCUT2D eigenvalue weighted by molar-refractivity contribution is 5.89. The van der Waals surface area contributed by atoms with Crippen molar-refractivity contribution < 1.29 is 23.5 Å². The molecule has 7 nitrogen and oxygen atoms in total. The van der Waals surface area contributed by atoms with Crippen molar-refractivity contribution in [1.29, 1.82) is 0 Å². The summed E-state index contributed by atoms with van der Waals surface area (Å²) in [6.07, 6.45) is 0.0273. The molecule has 0 bridgehead atoms. The van der Waals surface area contributed by atoms with E-state index in [0.717, 1.165) is 5.56 Å². The molecule has 1 aromatic carbocycles. The van der Waals surface area contributed by atoms with E-state index < -0.39 is 17.9 Å². The average Bonchev–Trinajstić information content (AvgIpc) is 3.21. The fourth-order valence-electron chi connectivity index (χ4n) is 3.48. The first kappa shape index (κ1) is 18.7. The molecule has 4 rings (SSSR count). The summed E-state index contributed by atoms with van der Waals surface area (Å²) in [6, 6.07) is 12.0. The normalized spacial score (nSPS) is 15.6. The number of pyridine rings is 1. The van der Waals surface area contributed by atoms with Gasteiger partial charge in [0.25, 0.3) is 5.56 Å². The highest BCUT2D eigenvalue weighted by atomic mass is 16.5. The number of carbonyl (C=O) groups excluding carboxylic acids is 2. The van der Waals surface area contributed by atoms with Crippen molar-refractivity contribution in [3.8, 4) is 17.1 Å². The van der Waals surface area contributed by atoms with E-state index in [4.69, 9.17) is 13.9 Å². The van der Waals surface area contributed by atoms with Crippen LogP contribution in [0, 0.1) is 6.92 Å². The number of carbonyl (C=O) groups is 2. The monoisotopic (exact) mass is 393 g/mol. The molecule has 3 heterocycles. The van der Waals surface area contributed by atoms with Gasteiger partial charge in [-0.2, -0.15) is 0 Å². The molecule has 3 aromatic rings. The first-order valence-electron chi connectivity index (χ1n) is 9.08. The maximum atomic E-state index is 12.8. The molecule has 0 amide bonds. The standard InChI is InChI=1S/C22H19NO6/c1-12-10-18-20(21(25)23(12)2)15(11-19(24)29-18)17-9-8-16(28-17)13-4-6-14(7-5-13)22(26)27-3/h4-10,15H,11H2,1-3H3/t15-/m1/s1. The van der Waals surface area contributed by atoms with Crippen molar-refractivity contribution in [1.82, 2.24) is 4.57 Å². The van der Waals surface area contributed by atoms with Crippen molar-refractivity contribution in [3.63, 3.8) is 0 Å². The predicted octanol–water partition coefficient (Wildman–Crippen LogP) is 3.18. The molecule has 29 heavy (non-hydrogen) atoms. The lowest BCUT2D eigenvalue weighted by Crippen LogP contribution is -2.31. The van der Waals surface area contributed by atoms with Crippen LogP contribution in [0.25, 0.3) is 11.3 Å². The lowest BCUT2D eigenvalue weighted by molar-refractivity contribution is -0.135. The molecule has 1 aliphatic heterocycles. The summed E-state index contributed by atoms with van der Waals surface area (Å²) in [5.74, 6) is 0.0216. The van der Waals surface area contributed by atoms with Crippen molar-refractivity contribution in [2.24, 2.45) is 7.05 Å². The zero-order valence-electron chi connectivity index (χ0n) is 16.2. The summed E-state index contributed by atoms with van der Waals surface area (Å²) in [7, 11) is 3.01. The van der Waals surface area contributed by atoms with E-state index in [1.54, 1.807) is 56.4 Å². The maximum absolute atomic E-state index is 12.8. The van der Waals surface area contributed by atoms with Crippen LogP contribution in [0.3, 0.4) is 0 Å². The number of benzene rings is 1. The number of esters is 2. The maximum Gasteiger partial charge on any atom is 0.337 e. The van der Waals surface area contributed by atoms with Gasteiger partial charge in [0.1, 0.15) is 17.3 Å². The molecule has 0 N–H and O–H groups in total. The molecule has 2 aromatic heterocycles. The van der Waals surface area contributed by atoms with Crippen molar-refractivity contribution in [2.75, 3.05) is 7.11 Å². The second-order valence-corrected chi connectivity index (χ2v) is 6.93. The topological polar surface area (TPSA) is 87.7 Å². The van der Waals surface area contributed by atoms with Crippen LogP contribution in [-0.2, 0) is 16.6 Å². The Morgan fingerprint density at radius 1 is 1.14 bits per heavy atom. The summed E-state index contributed by atoms with van der Waals surface area (Å²) in [4.78, 5) is 36.5. The Labute approximate surface area is 166 Å². The van der Waals surface area contributed by atoms with Crippen LogP contribution >= 0.6 is 0 Å². The minimum Gasteiger partial charge on any atom is -0.465 e. The Morgan fingerprint density at radius 3 is 2.55 bits per heavy atom. The van der Waals surface area contributed by atoms with Gasteiger partial charge in [0.2, 0.25) is 0 Å². The Balaban J connectivity index is 1.72. The molecule has 148 valence electrons. The van der Waals surface area contributed by atoms with Crippen LogP contribution in [-0.4, -0.2) is 23.6 Å². The van der Waals surface area contributed by atoms with E-state index >= 15 is 0 Å². The average molecular weight is 393 g/mol. The first-order valence-corrected chi connectivity index (χ1v) is 9.08. The molecule has 1 atom stereocenters. The number of aryl methyl sites for hydroxylation is 1. The molecule has 0 saturated heterocycles. The van der Waals surface area contributed by atoms with Crippen LogP contribution in [0.4, 0.5) is 0 Å². The zero-order valence-corrected chi connectivity index (χ0v) is 16.2. The molecule has 7 heteroatoms. The van der Waals surface area contributed by atoms with Gasteiger partial charge in [-0.05, 0) is 31.2 Å². The van der Waals surface area contributed by atoms with E-state index in [0.29, 0.717) is 28.3 Å². The largest absolute Gasteiger partial charge is 0.465 e. The van der Waals surface area contributed by atoms with Crippen LogP contribution < -0.4 is 10.3 Å². The number of hydrogen-bond donors (Lipinski definition) is 0. The molecule has 0 fully saturated rings. The van der Waals surface area contributed by atoms with E-state index in [1.807, 2.05) is 0 Å². The number of aromatic nitrogens is 1. The quantitative estimate of drug-likeness (QED) is 0.635. The highest BCUT2D eigenvalue weighted by Crippen LogP contribution is 2.38. The first-order chi connectivity index (χ1) is 13.9. The Kier molecular flexibility index (Phi) is 4.58. The Hall–Kier alpha value is -3.61. The zero-order chi connectivity index (χ0) is 20.7. The SMILES string of the molecule is COC(=O)c1ccc(-c2ccc([C@H]3CC(=O)Oc4cc(C)n(C)c(=O)c43)o2)cc1. The molecule has 0 radical (unpaired) electrons. The number of fused-ring (bicyclic) bond motifs is 1. The summed E-state index contributed by atoms with van der Waals surface area (Å²) >= 11 is 0. The molecule has 0 saturated carbocycles. The molecular weight excluding hydrogens is 374 g/mol. The third-order valence-corrected chi connectivity index (χ3v) is 5.17. The number of nitrogens with zero attached hydrogens (tertiary/aromatic N) is 1. The third kappa shape index (κ3) is 3.24. The van der Waals surface area contributed by atoms with Gasteiger partial charge in [-0.3, -0.25) is 9.59 Å². The van der Waals surface area contributed by atoms with E-state index in [1.165, 1.54) is 11.7 Å². The lowest BCUT2D eigenvalue weighted by Gasteiger charge is -2.23. The minimum atomic E-state index is -0.520. The van der Waals surface area contributed by atoms with Crippen LogP contribution in [0.15, 0.2) is 51.7 Å². The van der Waals surface area contributed by atoms with Gasteiger partial charge < -0.3 is 18.5 Å². The molecule has 1 aliphatic rings. The number of methoxy groups -OCH3 is 1. The summed E-state index contributed by atoms with van der Waals surface area (Å²) in [5, 5.41) is 0. The Morgan fingerprint density at radius 2 is 1.86 bits per heavy atom. The lowest BCUT2D eigenvalue weighted by atomic mass is 9.91. The third-order valence-electron chi connectivity index (χ3n) is 5.17. The van der Waals surface area contributed by atoms with Gasteiger partial charge in [-0.1, -0.05) is 12.1 Å². The summed E-state index contributed by atoms with van der Waals surface area (Å²) in [5.41, 5.74) is 2.11. The fourth-order valence-corrected chi connectivity index (χ4v) is 3.48. The van der Waals surface area contributed by atoms with Gasteiger partial charge >= 0.3 is 11.9 Å². The number of furan rings is 1. The van der Waals surface area contributed by atoms with Gasteiger partial charge in [0.05, 0.1) is 30.6 Å². The van der Waals surface area contributed by atoms with Crippen LogP contribution in [0.2, 0.25) is 0 Å². The van der Waals surface area contributed by atoms with Crippen LogP contribution in [0.5, 0.6) is 5.75 Å². The van der Waals surface area contributed by atoms with E-state index in [-0.39, 0.29) is 17.7 Å². The predicted molar refractivity (Wildman–Crippen MR) is 104 cm³/mol. The molecule has 0 spiro atoms. The fraction of sp³-hybridized carbons (Fsp3) is 0.227. The molecular formula is C22H19NO6. The van der Waals surface area contributed by atoms with Gasteiger partial charge in [0.15, 0.2) is 0 Å². The molecule has 0 aliphatic carbocycles. The number of hydrogen-bond acceptors (Lipinski definition) is 6. The van der Waals surface area contributed by atoms with Gasteiger partial charge in [0, 0.05) is 24.4 Å². The Bertz CT molecular complexity index is 1170. The van der Waals surface area contributed by atoms with Crippen molar-refractivity contribution in [2.45, 2.75) is 19.3 Å². The molecule has 0 unspecified atom stereocenters. The van der Waals surface area contributed by atoms with Crippen molar-refractivity contribution >= 4 is 11.9 Å².